The van der Waals surface area contributed by atoms with Crippen molar-refractivity contribution in [2.75, 3.05) is 11.9 Å². The molecule has 1 aliphatic rings. The maximum atomic E-state index is 5.98. The van der Waals surface area contributed by atoms with E-state index in [1.54, 1.807) is 0 Å². The summed E-state index contributed by atoms with van der Waals surface area (Å²) < 4.78 is 0. The summed E-state index contributed by atoms with van der Waals surface area (Å²) in [6, 6.07) is 13.5. The lowest BCUT2D eigenvalue weighted by molar-refractivity contribution is 0.384. The van der Waals surface area contributed by atoms with Gasteiger partial charge in [0.05, 0.1) is 5.52 Å². The van der Waals surface area contributed by atoms with E-state index in [0.29, 0.717) is 12.1 Å². The van der Waals surface area contributed by atoms with Gasteiger partial charge in [-0.1, -0.05) is 18.2 Å². The maximum Gasteiger partial charge on any atom is 0.129 e. The van der Waals surface area contributed by atoms with E-state index in [-0.39, 0.29) is 0 Å². The van der Waals surface area contributed by atoms with Crippen LogP contribution in [0.5, 0.6) is 0 Å². The highest BCUT2D eigenvalue weighted by Crippen LogP contribution is 2.25. The molecule has 0 unspecified atom stereocenters. The van der Waals surface area contributed by atoms with Gasteiger partial charge in [-0.05, 0) is 43.9 Å². The van der Waals surface area contributed by atoms with E-state index in [9.17, 15) is 0 Å². The first kappa shape index (κ1) is 12.4. The first-order valence-electron chi connectivity index (χ1n) is 7.08. The predicted octanol–water partition coefficient (Wildman–Crippen LogP) is 2.94. The second-order valence-electron chi connectivity index (χ2n) is 5.54. The first-order chi connectivity index (χ1) is 9.24. The standard InChI is InChI=1S/C16H21N3/c1-19(14-9-7-13(17)8-10-14)16-11-6-12-4-2-3-5-15(12)18-16/h2-6,11,13-14H,7-10,17H2,1H3. The van der Waals surface area contributed by atoms with Gasteiger partial charge in [0.25, 0.3) is 0 Å². The summed E-state index contributed by atoms with van der Waals surface area (Å²) in [4.78, 5) is 7.08. The number of pyridine rings is 1. The Balaban J connectivity index is 1.83. The van der Waals surface area contributed by atoms with E-state index in [1.807, 2.05) is 6.07 Å². The molecule has 3 rings (SSSR count). The molecule has 0 atom stereocenters. The van der Waals surface area contributed by atoms with Crippen molar-refractivity contribution in [3.05, 3.63) is 36.4 Å². The van der Waals surface area contributed by atoms with E-state index in [1.165, 1.54) is 18.2 Å². The number of nitrogens with zero attached hydrogens (tertiary/aromatic N) is 2. The fraction of sp³-hybridized carbons (Fsp3) is 0.438. The number of benzene rings is 1. The van der Waals surface area contributed by atoms with Crippen molar-refractivity contribution in [1.82, 2.24) is 4.98 Å². The van der Waals surface area contributed by atoms with E-state index < -0.39 is 0 Å². The summed E-state index contributed by atoms with van der Waals surface area (Å²) in [5.74, 6) is 1.07. The molecule has 2 aromatic rings. The zero-order valence-electron chi connectivity index (χ0n) is 11.4. The van der Waals surface area contributed by atoms with Gasteiger partial charge in [0.2, 0.25) is 0 Å². The molecule has 1 saturated carbocycles. The van der Waals surface area contributed by atoms with Gasteiger partial charge in [-0.3, -0.25) is 0 Å². The average molecular weight is 255 g/mol. The van der Waals surface area contributed by atoms with Gasteiger partial charge < -0.3 is 10.6 Å². The van der Waals surface area contributed by atoms with Gasteiger partial charge in [0, 0.05) is 24.5 Å². The van der Waals surface area contributed by atoms with Crippen LogP contribution < -0.4 is 10.6 Å². The highest BCUT2D eigenvalue weighted by atomic mass is 15.2. The highest BCUT2D eigenvalue weighted by molar-refractivity contribution is 5.80. The number of hydrogen-bond donors (Lipinski definition) is 1. The van der Waals surface area contributed by atoms with Gasteiger partial charge in [-0.2, -0.15) is 0 Å². The molecule has 1 heterocycles. The summed E-state index contributed by atoms with van der Waals surface area (Å²) in [6.45, 7) is 0. The molecule has 0 amide bonds. The molecule has 19 heavy (non-hydrogen) atoms. The van der Waals surface area contributed by atoms with Gasteiger partial charge in [-0.15, -0.1) is 0 Å². The molecule has 3 nitrogen and oxygen atoms in total. The lowest BCUT2D eigenvalue weighted by Crippen LogP contribution is -2.39. The van der Waals surface area contributed by atoms with Crippen molar-refractivity contribution >= 4 is 16.7 Å². The first-order valence-corrected chi connectivity index (χ1v) is 7.08. The molecule has 0 radical (unpaired) electrons. The third-order valence-electron chi connectivity index (χ3n) is 4.23. The zero-order valence-corrected chi connectivity index (χ0v) is 11.4. The number of aromatic nitrogens is 1. The Hall–Kier alpha value is -1.61. The number of rotatable bonds is 2. The topological polar surface area (TPSA) is 42.2 Å². The summed E-state index contributed by atoms with van der Waals surface area (Å²) in [5, 5.41) is 1.20. The Morgan fingerprint density at radius 2 is 1.79 bits per heavy atom. The van der Waals surface area contributed by atoms with Crippen LogP contribution in [0, 0.1) is 0 Å². The minimum atomic E-state index is 0.397. The van der Waals surface area contributed by atoms with Gasteiger partial charge in [0.15, 0.2) is 0 Å². The number of anilines is 1. The molecule has 0 bridgehead atoms. The summed E-state index contributed by atoms with van der Waals surface area (Å²) in [7, 11) is 2.15. The maximum absolute atomic E-state index is 5.98. The normalized spacial score (nSPS) is 23.5. The third-order valence-corrected chi connectivity index (χ3v) is 4.23. The minimum Gasteiger partial charge on any atom is -0.357 e. The van der Waals surface area contributed by atoms with Crippen LogP contribution in [0.25, 0.3) is 10.9 Å². The van der Waals surface area contributed by atoms with Crippen LogP contribution in [0.4, 0.5) is 5.82 Å². The number of para-hydroxylation sites is 1. The van der Waals surface area contributed by atoms with Gasteiger partial charge in [-0.25, -0.2) is 4.98 Å². The highest BCUT2D eigenvalue weighted by Gasteiger charge is 2.22. The second kappa shape index (κ2) is 5.17. The Morgan fingerprint density at radius 3 is 2.58 bits per heavy atom. The lowest BCUT2D eigenvalue weighted by Gasteiger charge is -2.34. The van der Waals surface area contributed by atoms with Crippen molar-refractivity contribution in [3.8, 4) is 0 Å². The Labute approximate surface area is 114 Å². The largest absolute Gasteiger partial charge is 0.357 e. The smallest absolute Gasteiger partial charge is 0.129 e. The third kappa shape index (κ3) is 2.56. The van der Waals surface area contributed by atoms with Crippen LogP contribution >= 0.6 is 0 Å². The molecule has 0 aliphatic heterocycles. The Bertz CT molecular complexity index is 559. The fourth-order valence-electron chi connectivity index (χ4n) is 2.93. The summed E-state index contributed by atoms with van der Waals surface area (Å²) >= 11 is 0. The molecular formula is C16H21N3. The monoisotopic (exact) mass is 255 g/mol. The molecule has 1 aliphatic carbocycles. The molecule has 1 aromatic heterocycles. The van der Waals surface area contributed by atoms with E-state index in [0.717, 1.165) is 24.2 Å². The fourth-order valence-corrected chi connectivity index (χ4v) is 2.93. The van der Waals surface area contributed by atoms with Gasteiger partial charge >= 0.3 is 0 Å². The second-order valence-corrected chi connectivity index (χ2v) is 5.54. The van der Waals surface area contributed by atoms with Crippen LogP contribution in [-0.4, -0.2) is 24.1 Å². The molecule has 100 valence electrons. The van der Waals surface area contributed by atoms with Crippen LogP contribution in [0.1, 0.15) is 25.7 Å². The predicted molar refractivity (Wildman–Crippen MR) is 80.4 cm³/mol. The number of fused-ring (bicyclic) bond motifs is 1. The van der Waals surface area contributed by atoms with Crippen molar-refractivity contribution in [3.63, 3.8) is 0 Å². The Morgan fingerprint density at radius 1 is 1.05 bits per heavy atom. The lowest BCUT2D eigenvalue weighted by atomic mass is 9.91. The molecule has 0 saturated heterocycles. The molecule has 0 spiro atoms. The minimum absolute atomic E-state index is 0.397. The number of nitrogens with two attached hydrogens (primary N) is 1. The summed E-state index contributed by atoms with van der Waals surface area (Å²) in [6.07, 6.45) is 4.60. The van der Waals surface area contributed by atoms with Crippen molar-refractivity contribution in [2.45, 2.75) is 37.8 Å². The zero-order chi connectivity index (χ0) is 13.2. The van der Waals surface area contributed by atoms with Crippen LogP contribution in [0.2, 0.25) is 0 Å². The van der Waals surface area contributed by atoms with Gasteiger partial charge in [0.1, 0.15) is 5.82 Å². The molecular weight excluding hydrogens is 234 g/mol. The molecule has 1 aromatic carbocycles. The quantitative estimate of drug-likeness (QED) is 0.897. The molecule has 3 heteroatoms. The van der Waals surface area contributed by atoms with E-state index >= 15 is 0 Å². The summed E-state index contributed by atoms with van der Waals surface area (Å²) in [5.41, 5.74) is 7.04. The van der Waals surface area contributed by atoms with Crippen LogP contribution in [-0.2, 0) is 0 Å². The Kier molecular flexibility index (Phi) is 3.38. The molecule has 1 fully saturated rings. The van der Waals surface area contributed by atoms with Crippen molar-refractivity contribution in [1.29, 1.82) is 0 Å². The molecule has 2 N–H and O–H groups in total. The van der Waals surface area contributed by atoms with E-state index in [2.05, 4.69) is 42.3 Å². The van der Waals surface area contributed by atoms with Crippen LogP contribution in [0.3, 0.4) is 0 Å². The van der Waals surface area contributed by atoms with Crippen LogP contribution in [0.15, 0.2) is 36.4 Å². The van der Waals surface area contributed by atoms with Crippen molar-refractivity contribution in [2.24, 2.45) is 5.73 Å². The average Bonchev–Trinajstić information content (AvgIpc) is 2.47. The number of hydrogen-bond acceptors (Lipinski definition) is 3. The SMILES string of the molecule is CN(c1ccc2ccccc2n1)C1CCC(N)CC1. The van der Waals surface area contributed by atoms with E-state index in [4.69, 9.17) is 10.7 Å². The van der Waals surface area contributed by atoms with Crippen molar-refractivity contribution < 1.29 is 0 Å².